The molecule has 0 radical (unpaired) electrons. The number of rotatable bonds is 9. The van der Waals surface area contributed by atoms with Crippen LogP contribution >= 0.6 is 11.6 Å². The van der Waals surface area contributed by atoms with Crippen LogP contribution in [0.25, 0.3) is 0 Å². The van der Waals surface area contributed by atoms with Crippen LogP contribution in [-0.4, -0.2) is 35.6 Å². The van der Waals surface area contributed by atoms with Crippen molar-refractivity contribution in [3.63, 3.8) is 0 Å². The molecule has 0 aliphatic carbocycles. The van der Waals surface area contributed by atoms with Crippen molar-refractivity contribution in [3.05, 3.63) is 94.5 Å². The molecule has 0 bridgehead atoms. The monoisotopic (exact) mass is 439 g/mol. The van der Waals surface area contributed by atoms with Gasteiger partial charge in [-0.2, -0.15) is 0 Å². The Kier molecular flexibility index (Phi) is 7.51. The van der Waals surface area contributed by atoms with Crippen LogP contribution in [0, 0.1) is 0 Å². The van der Waals surface area contributed by atoms with Gasteiger partial charge in [0.25, 0.3) is 5.91 Å². The number of benzene rings is 3. The van der Waals surface area contributed by atoms with E-state index >= 15 is 0 Å². The van der Waals surface area contributed by atoms with Gasteiger partial charge in [0.2, 0.25) is 0 Å². The lowest BCUT2D eigenvalue weighted by atomic mass is 10.1. The van der Waals surface area contributed by atoms with Gasteiger partial charge in [-0.1, -0.05) is 54.1 Å². The molecule has 6 nitrogen and oxygen atoms in total. The van der Waals surface area contributed by atoms with E-state index in [1.54, 1.807) is 12.0 Å². The van der Waals surface area contributed by atoms with Gasteiger partial charge >= 0.3 is 5.97 Å². The van der Waals surface area contributed by atoms with E-state index in [2.05, 4.69) is 0 Å². The van der Waals surface area contributed by atoms with Crippen molar-refractivity contribution in [2.45, 2.75) is 13.1 Å². The summed E-state index contributed by atoms with van der Waals surface area (Å²) in [5.41, 5.74) is 1.81. The number of ether oxygens (including phenoxy) is 2. The van der Waals surface area contributed by atoms with Crippen molar-refractivity contribution in [2.75, 3.05) is 13.7 Å². The number of hydrogen-bond acceptors (Lipinski definition) is 4. The minimum absolute atomic E-state index is 0.0920. The summed E-state index contributed by atoms with van der Waals surface area (Å²) < 4.78 is 10.7. The molecule has 0 unspecified atom stereocenters. The van der Waals surface area contributed by atoms with E-state index in [-0.39, 0.29) is 28.8 Å². The molecule has 1 N–H and O–H groups in total. The molecule has 0 heterocycles. The lowest BCUT2D eigenvalue weighted by Crippen LogP contribution is -2.34. The Balaban J connectivity index is 1.76. The molecule has 0 aromatic heterocycles. The molecule has 1 amide bonds. The van der Waals surface area contributed by atoms with Crippen LogP contribution in [0.5, 0.6) is 11.5 Å². The molecule has 0 saturated carbocycles. The first-order chi connectivity index (χ1) is 15.0. The van der Waals surface area contributed by atoms with Crippen LogP contribution in [-0.2, 0) is 17.9 Å². The van der Waals surface area contributed by atoms with Crippen molar-refractivity contribution in [2.24, 2.45) is 0 Å². The van der Waals surface area contributed by atoms with Crippen LogP contribution in [0.2, 0.25) is 5.02 Å². The first kappa shape index (κ1) is 22.2. The van der Waals surface area contributed by atoms with Gasteiger partial charge in [-0.15, -0.1) is 0 Å². The molecule has 0 spiro atoms. The minimum atomic E-state index is -1.18. The Hall–Kier alpha value is -3.51. The first-order valence-electron chi connectivity index (χ1n) is 9.56. The maximum absolute atomic E-state index is 13.0. The Bertz CT molecular complexity index is 1040. The molecular formula is C24H22ClNO5. The van der Waals surface area contributed by atoms with Crippen molar-refractivity contribution in [1.29, 1.82) is 0 Å². The van der Waals surface area contributed by atoms with Gasteiger partial charge in [-0.05, 0) is 41.5 Å². The minimum Gasteiger partial charge on any atom is -0.497 e. The second-order valence-electron chi connectivity index (χ2n) is 6.82. The molecule has 0 atom stereocenters. The molecule has 160 valence electrons. The molecule has 0 aliphatic rings. The van der Waals surface area contributed by atoms with Crippen molar-refractivity contribution < 1.29 is 24.2 Å². The number of carboxylic acid groups (broad SMARTS) is 1. The summed E-state index contributed by atoms with van der Waals surface area (Å²) in [6.45, 7) is 0.458. The van der Waals surface area contributed by atoms with Crippen LogP contribution < -0.4 is 9.47 Å². The normalized spacial score (nSPS) is 10.4. The van der Waals surface area contributed by atoms with Crippen molar-refractivity contribution in [1.82, 2.24) is 4.90 Å². The Labute approximate surface area is 185 Å². The number of nitrogens with zero attached hydrogens (tertiary/aromatic N) is 1. The SMILES string of the molecule is COc1ccc(CN(Cc2ccccc2)C(=O)COc2ccc(Cl)cc2C(=O)O)cc1. The van der Waals surface area contributed by atoms with Crippen LogP contribution in [0.4, 0.5) is 0 Å². The fourth-order valence-corrected chi connectivity index (χ4v) is 3.19. The summed E-state index contributed by atoms with van der Waals surface area (Å²) >= 11 is 5.87. The van der Waals surface area contributed by atoms with Gasteiger partial charge in [0.05, 0.1) is 7.11 Å². The molecular weight excluding hydrogens is 418 g/mol. The lowest BCUT2D eigenvalue weighted by Gasteiger charge is -2.23. The summed E-state index contributed by atoms with van der Waals surface area (Å²) in [4.78, 5) is 26.1. The number of carbonyl (C=O) groups is 2. The highest BCUT2D eigenvalue weighted by molar-refractivity contribution is 6.31. The Morgan fingerprint density at radius 3 is 2.19 bits per heavy atom. The van der Waals surface area contributed by atoms with Crippen LogP contribution in [0.15, 0.2) is 72.8 Å². The zero-order valence-electron chi connectivity index (χ0n) is 17.0. The largest absolute Gasteiger partial charge is 0.497 e. The Morgan fingerprint density at radius 1 is 0.935 bits per heavy atom. The first-order valence-corrected chi connectivity index (χ1v) is 9.94. The third-order valence-electron chi connectivity index (χ3n) is 4.62. The second kappa shape index (κ2) is 10.5. The van der Waals surface area contributed by atoms with Crippen LogP contribution in [0.1, 0.15) is 21.5 Å². The molecule has 0 fully saturated rings. The van der Waals surface area contributed by atoms with E-state index in [0.717, 1.165) is 16.9 Å². The molecule has 31 heavy (non-hydrogen) atoms. The van der Waals surface area contributed by atoms with E-state index in [0.29, 0.717) is 13.1 Å². The predicted molar refractivity (Wildman–Crippen MR) is 118 cm³/mol. The predicted octanol–water partition coefficient (Wildman–Crippen LogP) is 4.65. The van der Waals surface area contributed by atoms with E-state index in [1.165, 1.54) is 18.2 Å². The average molecular weight is 440 g/mol. The van der Waals surface area contributed by atoms with E-state index < -0.39 is 5.97 Å². The highest BCUT2D eigenvalue weighted by atomic mass is 35.5. The number of amides is 1. The molecule has 3 aromatic carbocycles. The quantitative estimate of drug-likeness (QED) is 0.525. The highest BCUT2D eigenvalue weighted by Gasteiger charge is 2.18. The molecule has 3 aromatic rings. The third-order valence-corrected chi connectivity index (χ3v) is 4.86. The summed E-state index contributed by atoms with van der Waals surface area (Å²) in [7, 11) is 1.60. The highest BCUT2D eigenvalue weighted by Crippen LogP contribution is 2.23. The number of halogens is 1. The van der Waals surface area contributed by atoms with Crippen molar-refractivity contribution in [3.8, 4) is 11.5 Å². The van der Waals surface area contributed by atoms with Gasteiger partial charge in [-0.25, -0.2) is 4.79 Å². The van der Waals surface area contributed by atoms with E-state index in [4.69, 9.17) is 21.1 Å². The average Bonchev–Trinajstić information content (AvgIpc) is 2.78. The summed E-state index contributed by atoms with van der Waals surface area (Å²) in [5.74, 6) is -0.624. The zero-order valence-corrected chi connectivity index (χ0v) is 17.7. The Morgan fingerprint density at radius 2 is 1.58 bits per heavy atom. The lowest BCUT2D eigenvalue weighted by molar-refractivity contribution is -0.134. The number of hydrogen-bond donors (Lipinski definition) is 1. The number of carboxylic acids is 1. The van der Waals surface area contributed by atoms with Crippen LogP contribution in [0.3, 0.4) is 0 Å². The fraction of sp³-hybridized carbons (Fsp3) is 0.167. The van der Waals surface area contributed by atoms with Gasteiger partial charge in [0.1, 0.15) is 17.1 Å². The van der Waals surface area contributed by atoms with Gasteiger partial charge in [-0.3, -0.25) is 4.79 Å². The van der Waals surface area contributed by atoms with Gasteiger partial charge in [0, 0.05) is 18.1 Å². The fourth-order valence-electron chi connectivity index (χ4n) is 3.01. The second-order valence-corrected chi connectivity index (χ2v) is 7.25. The van der Waals surface area contributed by atoms with Gasteiger partial charge in [0.15, 0.2) is 6.61 Å². The third kappa shape index (κ3) is 6.23. The summed E-state index contributed by atoms with van der Waals surface area (Å²) in [5, 5.41) is 9.63. The maximum atomic E-state index is 13.0. The van der Waals surface area contributed by atoms with E-state index in [9.17, 15) is 14.7 Å². The van der Waals surface area contributed by atoms with Crippen molar-refractivity contribution >= 4 is 23.5 Å². The van der Waals surface area contributed by atoms with E-state index in [1.807, 2.05) is 54.6 Å². The van der Waals surface area contributed by atoms with Gasteiger partial charge < -0.3 is 19.5 Å². The number of carbonyl (C=O) groups excluding carboxylic acids is 1. The maximum Gasteiger partial charge on any atom is 0.339 e. The standard InChI is InChI=1S/C24H22ClNO5/c1-30-20-10-7-18(8-11-20)15-26(14-17-5-3-2-4-6-17)23(27)16-31-22-12-9-19(25)13-21(22)24(28)29/h2-13H,14-16H2,1H3,(H,28,29). The molecule has 7 heteroatoms. The number of aromatic carboxylic acids is 1. The summed E-state index contributed by atoms with van der Waals surface area (Å²) in [6, 6.07) is 21.3. The zero-order chi connectivity index (χ0) is 22.2. The smallest absolute Gasteiger partial charge is 0.339 e. The summed E-state index contributed by atoms with van der Waals surface area (Å²) in [6.07, 6.45) is 0. The molecule has 0 saturated heterocycles. The molecule has 3 rings (SSSR count). The number of methoxy groups -OCH3 is 1. The topological polar surface area (TPSA) is 76.1 Å². The molecule has 0 aliphatic heterocycles.